The minimum absolute atomic E-state index is 0.451. The van der Waals surface area contributed by atoms with Crippen molar-refractivity contribution in [3.63, 3.8) is 0 Å². The second-order valence-corrected chi connectivity index (χ2v) is 7.96. The van der Waals surface area contributed by atoms with Crippen LogP contribution < -0.4 is 5.32 Å². The first-order valence-corrected chi connectivity index (χ1v) is 8.54. The molecule has 0 atom stereocenters. The molecule has 0 unspecified atom stereocenters. The average Bonchev–Trinajstić information content (AvgIpc) is 2.67. The van der Waals surface area contributed by atoms with Crippen LogP contribution in [0.5, 0.6) is 0 Å². The van der Waals surface area contributed by atoms with E-state index >= 15 is 0 Å². The zero-order valence-electron chi connectivity index (χ0n) is 13.1. The van der Waals surface area contributed by atoms with E-state index in [0.717, 1.165) is 26.6 Å². The molecule has 1 heterocycles. The molecule has 0 aliphatic carbocycles. The summed E-state index contributed by atoms with van der Waals surface area (Å²) in [6, 6.07) is 8.12. The van der Waals surface area contributed by atoms with E-state index in [0.29, 0.717) is 0 Å². The Morgan fingerprint density at radius 1 is 1.41 bits per heavy atom. The fourth-order valence-electron chi connectivity index (χ4n) is 1.86. The van der Waals surface area contributed by atoms with Crippen LogP contribution in [0.3, 0.4) is 0 Å². The van der Waals surface area contributed by atoms with Gasteiger partial charge in [0.15, 0.2) is 0 Å². The third-order valence-corrected chi connectivity index (χ3v) is 4.27. The van der Waals surface area contributed by atoms with Gasteiger partial charge in [0.25, 0.3) is 0 Å². The molecule has 0 aliphatic heterocycles. The molecule has 1 N–H and O–H groups in total. The van der Waals surface area contributed by atoms with Gasteiger partial charge in [0.2, 0.25) is 0 Å². The van der Waals surface area contributed by atoms with Gasteiger partial charge in [-0.05, 0) is 45.4 Å². The lowest BCUT2D eigenvalue weighted by Crippen LogP contribution is -2.27. The topological polar surface area (TPSA) is 51.2 Å². The van der Waals surface area contributed by atoms with Gasteiger partial charge in [0, 0.05) is 10.9 Å². The van der Waals surface area contributed by atoms with Gasteiger partial charge in [0.1, 0.15) is 10.6 Å². The summed E-state index contributed by atoms with van der Waals surface area (Å²) in [6.07, 6.45) is 0.286. The molecule has 0 fully saturated rings. The predicted molar refractivity (Wildman–Crippen MR) is 93.7 cm³/mol. The van der Waals surface area contributed by atoms with Crippen molar-refractivity contribution in [3.8, 4) is 0 Å². The highest BCUT2D eigenvalue weighted by atomic mass is 79.9. The Morgan fingerprint density at radius 3 is 2.77 bits per heavy atom. The standard InChI is InChI=1S/C16H19BrN2O2S/c1-10-14(19-15(20)21-16(2,3)4)22-13(18-10)9-11-6-5-7-12(17)8-11/h5-8H,9H2,1-4H3,(H,19,20). The molecule has 0 aliphatic rings. The number of rotatable bonds is 3. The summed E-state index contributed by atoms with van der Waals surface area (Å²) in [5, 5.41) is 4.47. The Hall–Kier alpha value is -1.40. The summed E-state index contributed by atoms with van der Waals surface area (Å²) < 4.78 is 6.31. The van der Waals surface area contributed by atoms with Crippen molar-refractivity contribution < 1.29 is 9.53 Å². The van der Waals surface area contributed by atoms with E-state index in [-0.39, 0.29) is 0 Å². The number of carbonyl (C=O) groups is 1. The number of thiazole rings is 1. The minimum Gasteiger partial charge on any atom is -0.444 e. The van der Waals surface area contributed by atoms with Crippen molar-refractivity contribution in [2.75, 3.05) is 5.32 Å². The van der Waals surface area contributed by atoms with Crippen molar-refractivity contribution in [2.45, 2.75) is 39.7 Å². The third kappa shape index (κ3) is 5.10. The number of halogens is 1. The highest BCUT2D eigenvalue weighted by Crippen LogP contribution is 2.27. The zero-order valence-corrected chi connectivity index (χ0v) is 15.5. The quantitative estimate of drug-likeness (QED) is 0.797. The van der Waals surface area contributed by atoms with Crippen LogP contribution in [0.4, 0.5) is 9.80 Å². The van der Waals surface area contributed by atoms with E-state index in [4.69, 9.17) is 4.74 Å². The largest absolute Gasteiger partial charge is 0.444 e. The number of aromatic nitrogens is 1. The fraction of sp³-hybridized carbons (Fsp3) is 0.375. The van der Waals surface area contributed by atoms with E-state index in [1.807, 2.05) is 39.8 Å². The van der Waals surface area contributed by atoms with Crippen molar-refractivity contribution in [2.24, 2.45) is 0 Å². The van der Waals surface area contributed by atoms with Crippen LogP contribution in [-0.2, 0) is 11.2 Å². The van der Waals surface area contributed by atoms with E-state index in [2.05, 4.69) is 38.4 Å². The molecule has 0 saturated heterocycles. The highest BCUT2D eigenvalue weighted by Gasteiger charge is 2.18. The molecule has 0 saturated carbocycles. The molecule has 0 radical (unpaired) electrons. The lowest BCUT2D eigenvalue weighted by molar-refractivity contribution is 0.0636. The minimum atomic E-state index is -0.512. The molecule has 118 valence electrons. The van der Waals surface area contributed by atoms with Crippen LogP contribution in [-0.4, -0.2) is 16.7 Å². The second kappa shape index (κ2) is 6.79. The molecule has 6 heteroatoms. The Labute approximate surface area is 143 Å². The summed E-state index contributed by atoms with van der Waals surface area (Å²) in [7, 11) is 0. The average molecular weight is 383 g/mol. The number of nitrogens with zero attached hydrogens (tertiary/aromatic N) is 1. The first-order valence-electron chi connectivity index (χ1n) is 6.94. The summed E-state index contributed by atoms with van der Waals surface area (Å²) in [5.74, 6) is 0. The molecule has 1 aromatic heterocycles. The van der Waals surface area contributed by atoms with Crippen molar-refractivity contribution in [1.29, 1.82) is 0 Å². The molecule has 1 aromatic carbocycles. The van der Waals surface area contributed by atoms with Gasteiger partial charge in [-0.3, -0.25) is 5.32 Å². The fourth-order valence-corrected chi connectivity index (χ4v) is 3.29. The van der Waals surface area contributed by atoms with Crippen LogP contribution >= 0.6 is 27.3 Å². The van der Waals surface area contributed by atoms with Gasteiger partial charge < -0.3 is 4.74 Å². The van der Waals surface area contributed by atoms with Crippen molar-refractivity contribution >= 4 is 38.4 Å². The number of amides is 1. The van der Waals surface area contributed by atoms with Crippen LogP contribution in [0.1, 0.15) is 37.0 Å². The maximum absolute atomic E-state index is 11.8. The maximum Gasteiger partial charge on any atom is 0.412 e. The van der Waals surface area contributed by atoms with Crippen LogP contribution in [0.15, 0.2) is 28.7 Å². The molecule has 22 heavy (non-hydrogen) atoms. The monoisotopic (exact) mass is 382 g/mol. The normalized spacial score (nSPS) is 11.3. The van der Waals surface area contributed by atoms with E-state index in [1.54, 1.807) is 0 Å². The molecule has 2 rings (SSSR count). The lowest BCUT2D eigenvalue weighted by atomic mass is 10.2. The van der Waals surface area contributed by atoms with Crippen LogP contribution in [0.2, 0.25) is 0 Å². The van der Waals surface area contributed by atoms with E-state index < -0.39 is 11.7 Å². The summed E-state index contributed by atoms with van der Waals surface area (Å²) in [4.78, 5) is 16.3. The number of ether oxygens (including phenoxy) is 1. The van der Waals surface area contributed by atoms with Crippen LogP contribution in [0, 0.1) is 6.92 Å². The smallest absolute Gasteiger partial charge is 0.412 e. The Kier molecular flexibility index (Phi) is 5.24. The SMILES string of the molecule is Cc1nc(Cc2cccc(Br)c2)sc1NC(=O)OC(C)(C)C. The number of aryl methyl sites for hydroxylation is 1. The lowest BCUT2D eigenvalue weighted by Gasteiger charge is -2.19. The molecular formula is C16H19BrN2O2S. The highest BCUT2D eigenvalue weighted by molar-refractivity contribution is 9.10. The molecule has 4 nitrogen and oxygen atoms in total. The second-order valence-electron chi connectivity index (χ2n) is 5.96. The van der Waals surface area contributed by atoms with Crippen LogP contribution in [0.25, 0.3) is 0 Å². The van der Waals surface area contributed by atoms with Gasteiger partial charge in [-0.1, -0.05) is 28.1 Å². The number of hydrogen-bond donors (Lipinski definition) is 1. The van der Waals surface area contributed by atoms with Gasteiger partial charge in [0.05, 0.1) is 10.7 Å². The van der Waals surface area contributed by atoms with Gasteiger partial charge in [-0.25, -0.2) is 9.78 Å². The molecule has 1 amide bonds. The molecular weight excluding hydrogens is 364 g/mol. The van der Waals surface area contributed by atoms with E-state index in [9.17, 15) is 4.79 Å². The van der Waals surface area contributed by atoms with E-state index in [1.165, 1.54) is 16.9 Å². The first-order chi connectivity index (χ1) is 10.2. The van der Waals surface area contributed by atoms with Gasteiger partial charge in [-0.15, -0.1) is 11.3 Å². The number of carbonyl (C=O) groups excluding carboxylic acids is 1. The molecule has 0 spiro atoms. The number of anilines is 1. The van der Waals surface area contributed by atoms with Gasteiger partial charge in [-0.2, -0.15) is 0 Å². The Balaban J connectivity index is 2.06. The predicted octanol–water partition coefficient (Wildman–Crippen LogP) is 5.15. The molecule has 0 bridgehead atoms. The Bertz CT molecular complexity index is 677. The van der Waals surface area contributed by atoms with Gasteiger partial charge >= 0.3 is 6.09 Å². The van der Waals surface area contributed by atoms with Crippen molar-refractivity contribution in [3.05, 3.63) is 45.0 Å². The number of nitrogens with one attached hydrogen (secondary N) is 1. The maximum atomic E-state index is 11.8. The van der Waals surface area contributed by atoms with Crippen molar-refractivity contribution in [1.82, 2.24) is 4.98 Å². The first kappa shape index (κ1) is 17.0. The summed E-state index contributed by atoms with van der Waals surface area (Å²) in [6.45, 7) is 7.40. The number of hydrogen-bond acceptors (Lipinski definition) is 4. The molecule has 2 aromatic rings. The zero-order chi connectivity index (χ0) is 16.3. The summed E-state index contributed by atoms with van der Waals surface area (Å²) >= 11 is 4.94. The summed E-state index contributed by atoms with van der Waals surface area (Å²) in [5.41, 5.74) is 1.47. The third-order valence-electron chi connectivity index (χ3n) is 2.70. The Morgan fingerprint density at radius 2 is 2.14 bits per heavy atom. The number of benzene rings is 1.